The van der Waals surface area contributed by atoms with Gasteiger partial charge in [0, 0.05) is 11.5 Å². The summed E-state index contributed by atoms with van der Waals surface area (Å²) in [6, 6.07) is 4.64. The van der Waals surface area contributed by atoms with Crippen LogP contribution in [0.1, 0.15) is 16.7 Å². The van der Waals surface area contributed by atoms with Crippen LogP contribution in [0.3, 0.4) is 0 Å². The summed E-state index contributed by atoms with van der Waals surface area (Å²) in [6.45, 7) is 8.61. The Labute approximate surface area is 95.2 Å². The number of ether oxygens (including phenoxy) is 1. The number of hydrogen-bond donors (Lipinski definition) is 1. The first-order valence-corrected chi connectivity index (χ1v) is 7.30. The van der Waals surface area contributed by atoms with E-state index in [0.717, 1.165) is 13.2 Å². The van der Waals surface area contributed by atoms with Crippen LogP contribution in [0.5, 0.6) is 0 Å². The van der Waals surface area contributed by atoms with Gasteiger partial charge in [-0.1, -0.05) is 17.7 Å². The standard InChI is InChI=1S/C13H20OS/c1-10-8-11(2)13(12(3)9-10)15-6-4-14-5-7-15/h8-9,15H,4-7H2,1-3H3. The highest BCUT2D eigenvalue weighted by atomic mass is 32.2. The van der Waals surface area contributed by atoms with E-state index in [4.69, 9.17) is 4.74 Å². The van der Waals surface area contributed by atoms with Gasteiger partial charge in [0.25, 0.3) is 0 Å². The van der Waals surface area contributed by atoms with E-state index in [0.29, 0.717) is 0 Å². The molecule has 0 atom stereocenters. The van der Waals surface area contributed by atoms with Crippen LogP contribution in [0.4, 0.5) is 0 Å². The Balaban J connectivity index is 2.33. The topological polar surface area (TPSA) is 9.23 Å². The van der Waals surface area contributed by atoms with Crippen molar-refractivity contribution in [3.63, 3.8) is 0 Å². The van der Waals surface area contributed by atoms with Crippen LogP contribution in [0.25, 0.3) is 0 Å². The van der Waals surface area contributed by atoms with E-state index in [2.05, 4.69) is 32.9 Å². The fourth-order valence-electron chi connectivity index (χ4n) is 2.46. The molecule has 1 heterocycles. The van der Waals surface area contributed by atoms with Gasteiger partial charge < -0.3 is 4.74 Å². The molecule has 0 spiro atoms. The predicted octanol–water partition coefficient (Wildman–Crippen LogP) is 3.00. The molecule has 1 aromatic rings. The number of hydrogen-bond acceptors (Lipinski definition) is 1. The van der Waals surface area contributed by atoms with Crippen LogP contribution in [0.15, 0.2) is 17.0 Å². The fourth-order valence-corrected chi connectivity index (χ4v) is 4.95. The summed E-state index contributed by atoms with van der Waals surface area (Å²) in [6.07, 6.45) is 0. The minimum Gasteiger partial charge on any atom is -0.380 e. The molecular formula is C13H20OS. The van der Waals surface area contributed by atoms with Gasteiger partial charge in [0.1, 0.15) is 0 Å². The van der Waals surface area contributed by atoms with Crippen molar-refractivity contribution in [2.24, 2.45) is 0 Å². The lowest BCUT2D eigenvalue weighted by atomic mass is 10.1. The summed E-state index contributed by atoms with van der Waals surface area (Å²) >= 11 is 0. The summed E-state index contributed by atoms with van der Waals surface area (Å²) < 4.78 is 5.44. The second-order valence-electron chi connectivity index (χ2n) is 4.35. The summed E-state index contributed by atoms with van der Waals surface area (Å²) in [4.78, 5) is 1.64. The molecule has 15 heavy (non-hydrogen) atoms. The van der Waals surface area contributed by atoms with E-state index < -0.39 is 0 Å². The number of aryl methyl sites for hydroxylation is 3. The second-order valence-corrected chi connectivity index (χ2v) is 6.77. The van der Waals surface area contributed by atoms with Crippen LogP contribution < -0.4 is 0 Å². The molecule has 1 aliphatic heterocycles. The number of benzene rings is 1. The summed E-state index contributed by atoms with van der Waals surface area (Å²) in [5.74, 6) is 2.50. The van der Waals surface area contributed by atoms with Crippen molar-refractivity contribution < 1.29 is 4.74 Å². The van der Waals surface area contributed by atoms with Gasteiger partial charge in [0.2, 0.25) is 0 Å². The number of thiol groups is 1. The average molecular weight is 224 g/mol. The van der Waals surface area contributed by atoms with E-state index in [9.17, 15) is 0 Å². The molecule has 0 aromatic heterocycles. The van der Waals surface area contributed by atoms with Crippen molar-refractivity contribution in [1.82, 2.24) is 0 Å². The highest BCUT2D eigenvalue weighted by Gasteiger charge is 2.15. The van der Waals surface area contributed by atoms with E-state index >= 15 is 0 Å². The molecule has 0 N–H and O–H groups in total. The lowest BCUT2D eigenvalue weighted by Gasteiger charge is -2.29. The van der Waals surface area contributed by atoms with Crippen molar-refractivity contribution in [3.05, 3.63) is 28.8 Å². The summed E-state index contributed by atoms with van der Waals surface area (Å²) in [5.41, 5.74) is 4.36. The van der Waals surface area contributed by atoms with Crippen LogP contribution >= 0.6 is 10.9 Å². The summed E-state index contributed by atoms with van der Waals surface area (Å²) in [7, 11) is 0.0541. The lowest BCUT2D eigenvalue weighted by molar-refractivity contribution is 0.160. The molecule has 84 valence electrons. The molecule has 1 aliphatic rings. The molecule has 2 heteroatoms. The molecule has 0 radical (unpaired) electrons. The van der Waals surface area contributed by atoms with E-state index in [1.807, 2.05) is 0 Å². The van der Waals surface area contributed by atoms with Crippen molar-refractivity contribution in [3.8, 4) is 0 Å². The molecule has 1 saturated heterocycles. The van der Waals surface area contributed by atoms with Crippen molar-refractivity contribution in [2.45, 2.75) is 25.7 Å². The normalized spacial score (nSPS) is 19.3. The van der Waals surface area contributed by atoms with Gasteiger partial charge in [-0.25, -0.2) is 10.9 Å². The van der Waals surface area contributed by atoms with E-state index in [-0.39, 0.29) is 10.9 Å². The molecule has 0 unspecified atom stereocenters. The number of rotatable bonds is 1. The first-order chi connectivity index (χ1) is 7.18. The smallest absolute Gasteiger partial charge is 0.0543 e. The fraction of sp³-hybridized carbons (Fsp3) is 0.538. The Morgan fingerprint density at radius 2 is 1.53 bits per heavy atom. The minimum atomic E-state index is 0.0541. The van der Waals surface area contributed by atoms with Gasteiger partial charge >= 0.3 is 0 Å². The zero-order valence-corrected chi connectivity index (χ0v) is 10.7. The van der Waals surface area contributed by atoms with Gasteiger partial charge in [-0.15, -0.1) is 0 Å². The molecule has 1 aromatic carbocycles. The highest BCUT2D eigenvalue weighted by molar-refractivity contribution is 8.17. The molecule has 0 aliphatic carbocycles. The first-order valence-electron chi connectivity index (χ1n) is 5.59. The van der Waals surface area contributed by atoms with Crippen LogP contribution in [0.2, 0.25) is 0 Å². The van der Waals surface area contributed by atoms with Crippen LogP contribution in [-0.4, -0.2) is 24.7 Å². The highest BCUT2D eigenvalue weighted by Crippen LogP contribution is 2.42. The lowest BCUT2D eigenvalue weighted by Crippen LogP contribution is -2.16. The summed E-state index contributed by atoms with van der Waals surface area (Å²) in [5, 5.41) is 0. The second kappa shape index (κ2) is 4.58. The molecule has 0 saturated carbocycles. The van der Waals surface area contributed by atoms with Crippen molar-refractivity contribution >= 4 is 10.9 Å². The first kappa shape index (κ1) is 11.0. The predicted molar refractivity (Wildman–Crippen MR) is 68.5 cm³/mol. The van der Waals surface area contributed by atoms with Crippen molar-refractivity contribution in [1.29, 1.82) is 0 Å². The van der Waals surface area contributed by atoms with Gasteiger partial charge in [0.15, 0.2) is 0 Å². The SMILES string of the molecule is Cc1cc(C)c([SH]2CCOCC2)c(C)c1. The van der Waals surface area contributed by atoms with Gasteiger partial charge in [-0.2, -0.15) is 0 Å². The molecule has 1 fully saturated rings. The molecule has 0 amide bonds. The van der Waals surface area contributed by atoms with E-state index in [1.165, 1.54) is 28.2 Å². The Morgan fingerprint density at radius 1 is 1.00 bits per heavy atom. The van der Waals surface area contributed by atoms with Gasteiger partial charge in [-0.05, 0) is 36.8 Å². The van der Waals surface area contributed by atoms with Crippen LogP contribution in [0, 0.1) is 20.8 Å². The zero-order valence-electron chi connectivity index (χ0n) is 9.84. The molecular weight excluding hydrogens is 204 g/mol. The van der Waals surface area contributed by atoms with Crippen LogP contribution in [-0.2, 0) is 4.74 Å². The Kier molecular flexibility index (Phi) is 3.37. The third kappa shape index (κ3) is 2.37. The Bertz CT molecular complexity index is 331. The van der Waals surface area contributed by atoms with Gasteiger partial charge in [-0.3, -0.25) is 0 Å². The zero-order chi connectivity index (χ0) is 10.8. The van der Waals surface area contributed by atoms with E-state index in [1.54, 1.807) is 4.90 Å². The maximum atomic E-state index is 5.44. The van der Waals surface area contributed by atoms with Gasteiger partial charge in [0.05, 0.1) is 13.2 Å². The average Bonchev–Trinajstić information content (AvgIpc) is 2.17. The molecule has 1 nitrogen and oxygen atoms in total. The molecule has 0 bridgehead atoms. The molecule has 2 rings (SSSR count). The monoisotopic (exact) mass is 224 g/mol. The minimum absolute atomic E-state index is 0.0541. The maximum absolute atomic E-state index is 5.44. The van der Waals surface area contributed by atoms with Crippen molar-refractivity contribution in [2.75, 3.05) is 24.7 Å². The third-order valence-corrected chi connectivity index (χ3v) is 5.75. The third-order valence-electron chi connectivity index (χ3n) is 2.96. The largest absolute Gasteiger partial charge is 0.380 e. The maximum Gasteiger partial charge on any atom is 0.0543 e. The quantitative estimate of drug-likeness (QED) is 0.722. The Hall–Kier alpha value is -0.470. The Morgan fingerprint density at radius 3 is 2.07 bits per heavy atom.